The van der Waals surface area contributed by atoms with E-state index in [-0.39, 0.29) is 25.9 Å². The van der Waals surface area contributed by atoms with E-state index < -0.39 is 29.6 Å². The molecule has 0 aliphatic carbocycles. The largest absolute Gasteiger partial charge is 0.346 e. The maximum absolute atomic E-state index is 12.6. The molecule has 150 valence electrons. The van der Waals surface area contributed by atoms with E-state index in [1.165, 1.54) is 0 Å². The van der Waals surface area contributed by atoms with Gasteiger partial charge in [-0.2, -0.15) is 0 Å². The minimum atomic E-state index is -1.30. The van der Waals surface area contributed by atoms with Crippen molar-refractivity contribution in [2.45, 2.75) is 25.9 Å². The highest BCUT2D eigenvalue weighted by atomic mass is 16.7. The monoisotopic (exact) mass is 396 g/mol. The van der Waals surface area contributed by atoms with Crippen LogP contribution in [-0.2, 0) is 41.9 Å². The summed E-state index contributed by atoms with van der Waals surface area (Å²) in [6.45, 7) is 0.114. The summed E-state index contributed by atoms with van der Waals surface area (Å²) in [5.41, 5.74) is 3.80. The predicted molar refractivity (Wildman–Crippen MR) is 100 cm³/mol. The van der Waals surface area contributed by atoms with Crippen molar-refractivity contribution in [3.05, 3.63) is 71.8 Å². The first kappa shape index (κ1) is 20.2. The van der Waals surface area contributed by atoms with Crippen molar-refractivity contribution in [2.75, 3.05) is 0 Å². The smallest absolute Gasteiger partial charge is 0.329 e. The van der Waals surface area contributed by atoms with E-state index in [4.69, 9.17) is 9.68 Å². The van der Waals surface area contributed by atoms with Crippen molar-refractivity contribution < 1.29 is 28.9 Å². The molecule has 1 heterocycles. The highest BCUT2D eigenvalue weighted by Gasteiger charge is 2.37. The quantitative estimate of drug-likeness (QED) is 0.414. The number of imide groups is 1. The molecule has 3 rings (SSSR count). The Morgan fingerprint density at radius 2 is 1.45 bits per heavy atom. The van der Waals surface area contributed by atoms with Gasteiger partial charge in [0.1, 0.15) is 5.92 Å². The summed E-state index contributed by atoms with van der Waals surface area (Å²) in [5.74, 6) is -4.24. The number of hydrogen-bond donors (Lipinski definition) is 1. The van der Waals surface area contributed by atoms with Crippen LogP contribution < -0.4 is 5.48 Å². The molecule has 0 bridgehead atoms. The summed E-state index contributed by atoms with van der Waals surface area (Å²) in [5, 5.41) is 0.429. The van der Waals surface area contributed by atoms with Gasteiger partial charge in [0.15, 0.2) is 0 Å². The van der Waals surface area contributed by atoms with Gasteiger partial charge in [0.2, 0.25) is 0 Å². The fourth-order valence-corrected chi connectivity index (χ4v) is 2.78. The third-order valence-corrected chi connectivity index (χ3v) is 4.33. The first-order valence-corrected chi connectivity index (χ1v) is 9.11. The van der Waals surface area contributed by atoms with E-state index in [0.717, 1.165) is 5.56 Å². The van der Waals surface area contributed by atoms with E-state index in [1.807, 2.05) is 30.3 Å². The summed E-state index contributed by atoms with van der Waals surface area (Å²) >= 11 is 0. The maximum Gasteiger partial charge on any atom is 0.346 e. The van der Waals surface area contributed by atoms with Crippen LogP contribution in [0.15, 0.2) is 60.7 Å². The standard InChI is InChI=1S/C21H20N2O6/c24-18-11-12-19(25)23(18)29-21(27)17(13-15-7-3-1-4-8-15)20(26)22-28-14-16-9-5-2-6-10-16/h1-10,17H,11-14H2,(H,22,26). The highest BCUT2D eigenvalue weighted by molar-refractivity contribution is 6.03. The molecule has 0 radical (unpaired) electrons. The Morgan fingerprint density at radius 1 is 0.897 bits per heavy atom. The predicted octanol–water partition coefficient (Wildman–Crippen LogP) is 1.70. The third kappa shape index (κ3) is 5.49. The SMILES string of the molecule is O=C(NOCc1ccccc1)C(Cc1ccccc1)C(=O)ON1C(=O)CCC1=O. The van der Waals surface area contributed by atoms with Crippen molar-refractivity contribution in [1.29, 1.82) is 0 Å². The summed E-state index contributed by atoms with van der Waals surface area (Å²) in [6.07, 6.45) is -0.0277. The van der Waals surface area contributed by atoms with Gasteiger partial charge in [0.05, 0.1) is 6.61 Å². The van der Waals surface area contributed by atoms with Crippen LogP contribution in [0.2, 0.25) is 0 Å². The molecule has 1 unspecified atom stereocenters. The number of hydrogen-bond acceptors (Lipinski definition) is 6. The van der Waals surface area contributed by atoms with Crippen molar-refractivity contribution in [3.63, 3.8) is 0 Å². The Kier molecular flexibility index (Phi) is 6.70. The first-order chi connectivity index (χ1) is 14.0. The second-order valence-corrected chi connectivity index (χ2v) is 6.48. The van der Waals surface area contributed by atoms with Gasteiger partial charge in [-0.05, 0) is 17.5 Å². The fourth-order valence-electron chi connectivity index (χ4n) is 2.78. The van der Waals surface area contributed by atoms with Crippen molar-refractivity contribution in [2.24, 2.45) is 5.92 Å². The van der Waals surface area contributed by atoms with Gasteiger partial charge in [0.25, 0.3) is 17.7 Å². The molecule has 1 saturated heterocycles. The lowest BCUT2D eigenvalue weighted by Gasteiger charge is -2.19. The van der Waals surface area contributed by atoms with Gasteiger partial charge in [-0.15, -0.1) is 5.06 Å². The highest BCUT2D eigenvalue weighted by Crippen LogP contribution is 2.17. The molecule has 1 N–H and O–H groups in total. The summed E-state index contributed by atoms with van der Waals surface area (Å²) in [7, 11) is 0. The Bertz CT molecular complexity index is 869. The van der Waals surface area contributed by atoms with Gasteiger partial charge in [-0.25, -0.2) is 10.3 Å². The van der Waals surface area contributed by atoms with Crippen LogP contribution in [0.5, 0.6) is 0 Å². The molecule has 8 nitrogen and oxygen atoms in total. The molecule has 0 spiro atoms. The van der Waals surface area contributed by atoms with Gasteiger partial charge in [0, 0.05) is 12.8 Å². The number of rotatable bonds is 8. The summed E-state index contributed by atoms with van der Waals surface area (Å²) in [4.78, 5) is 58.7. The lowest BCUT2D eigenvalue weighted by atomic mass is 9.99. The molecule has 0 aromatic heterocycles. The van der Waals surface area contributed by atoms with Gasteiger partial charge < -0.3 is 4.84 Å². The Morgan fingerprint density at radius 3 is 2.03 bits per heavy atom. The van der Waals surface area contributed by atoms with E-state index in [2.05, 4.69) is 5.48 Å². The molecule has 0 saturated carbocycles. The number of benzene rings is 2. The van der Waals surface area contributed by atoms with Crippen LogP contribution >= 0.6 is 0 Å². The molecular weight excluding hydrogens is 376 g/mol. The minimum Gasteiger partial charge on any atom is -0.329 e. The van der Waals surface area contributed by atoms with Crippen LogP contribution in [0.1, 0.15) is 24.0 Å². The number of nitrogens with zero attached hydrogens (tertiary/aromatic N) is 1. The Balaban J connectivity index is 1.66. The van der Waals surface area contributed by atoms with E-state index in [1.54, 1.807) is 30.3 Å². The molecule has 1 fully saturated rings. The van der Waals surface area contributed by atoms with Crippen LogP contribution in [0, 0.1) is 5.92 Å². The van der Waals surface area contributed by atoms with Crippen molar-refractivity contribution in [1.82, 2.24) is 10.5 Å². The molecular formula is C21H20N2O6. The number of hydroxylamine groups is 3. The van der Waals surface area contributed by atoms with Crippen LogP contribution in [-0.4, -0.2) is 28.8 Å². The zero-order valence-corrected chi connectivity index (χ0v) is 15.6. The molecule has 2 aromatic rings. The number of amides is 3. The van der Waals surface area contributed by atoms with Crippen LogP contribution in [0.4, 0.5) is 0 Å². The molecule has 1 aliphatic heterocycles. The first-order valence-electron chi connectivity index (χ1n) is 9.11. The van der Waals surface area contributed by atoms with Crippen molar-refractivity contribution >= 4 is 23.7 Å². The van der Waals surface area contributed by atoms with Crippen LogP contribution in [0.3, 0.4) is 0 Å². The van der Waals surface area contributed by atoms with E-state index in [0.29, 0.717) is 10.6 Å². The van der Waals surface area contributed by atoms with E-state index in [9.17, 15) is 19.2 Å². The fraction of sp³-hybridized carbons (Fsp3) is 0.238. The topological polar surface area (TPSA) is 102 Å². The third-order valence-electron chi connectivity index (χ3n) is 4.33. The molecule has 8 heteroatoms. The second-order valence-electron chi connectivity index (χ2n) is 6.48. The maximum atomic E-state index is 12.6. The average molecular weight is 396 g/mol. The Labute approximate surface area is 167 Å². The van der Waals surface area contributed by atoms with Crippen LogP contribution in [0.25, 0.3) is 0 Å². The van der Waals surface area contributed by atoms with Crippen molar-refractivity contribution in [3.8, 4) is 0 Å². The minimum absolute atomic E-state index is 0.0242. The zero-order chi connectivity index (χ0) is 20.6. The lowest BCUT2D eigenvalue weighted by Crippen LogP contribution is -2.41. The lowest BCUT2D eigenvalue weighted by molar-refractivity contribution is -0.201. The van der Waals surface area contributed by atoms with E-state index >= 15 is 0 Å². The second kappa shape index (κ2) is 9.61. The number of carbonyl (C=O) groups is 4. The van der Waals surface area contributed by atoms with Gasteiger partial charge >= 0.3 is 5.97 Å². The number of nitrogens with one attached hydrogen (secondary N) is 1. The normalized spacial score (nSPS) is 14.6. The van der Waals surface area contributed by atoms with Gasteiger partial charge in [-0.3, -0.25) is 19.2 Å². The summed E-state index contributed by atoms with van der Waals surface area (Å²) < 4.78 is 0. The molecule has 1 atom stereocenters. The summed E-state index contributed by atoms with van der Waals surface area (Å²) in [6, 6.07) is 18.0. The molecule has 29 heavy (non-hydrogen) atoms. The zero-order valence-electron chi connectivity index (χ0n) is 15.6. The molecule has 1 aliphatic rings. The molecule has 2 aromatic carbocycles. The Hall–Kier alpha value is -3.52. The molecule has 3 amide bonds. The average Bonchev–Trinajstić information content (AvgIpc) is 3.05. The van der Waals surface area contributed by atoms with Gasteiger partial charge in [-0.1, -0.05) is 60.7 Å². The number of carbonyl (C=O) groups excluding carboxylic acids is 4.